The second-order valence-electron chi connectivity index (χ2n) is 8.34. The van der Waals surface area contributed by atoms with Gasteiger partial charge in [0.25, 0.3) is 5.91 Å². The zero-order chi connectivity index (χ0) is 23.6. The molecule has 1 aromatic heterocycles. The average molecular weight is 515 g/mol. The van der Waals surface area contributed by atoms with E-state index < -0.39 is 15.9 Å². The topological polar surface area (TPSA) is 79.4 Å². The lowest BCUT2D eigenvalue weighted by atomic mass is 10.2. The van der Waals surface area contributed by atoms with Gasteiger partial charge in [-0.1, -0.05) is 62.2 Å². The van der Waals surface area contributed by atoms with Crippen LogP contribution < -0.4 is 5.32 Å². The first-order chi connectivity index (χ1) is 15.0. The van der Waals surface area contributed by atoms with Gasteiger partial charge in [0.15, 0.2) is 5.13 Å². The highest BCUT2D eigenvalue weighted by Gasteiger charge is 2.26. The molecule has 0 fully saturated rings. The van der Waals surface area contributed by atoms with Crippen molar-refractivity contribution in [2.45, 2.75) is 32.6 Å². The molecule has 0 atom stereocenters. The Morgan fingerprint density at radius 3 is 2.34 bits per heavy atom. The fraction of sp³-hybridized carbons (Fsp3) is 0.364. The van der Waals surface area contributed by atoms with Crippen LogP contribution in [0.4, 0.5) is 5.13 Å². The van der Waals surface area contributed by atoms with Crippen LogP contribution in [0.1, 0.15) is 38.1 Å². The largest absolute Gasteiger partial charge is 0.298 e. The summed E-state index contributed by atoms with van der Waals surface area (Å²) in [6.45, 7) is 8.88. The standard InChI is InChI=1S/C22H25Cl2N3O3S2/c1-13(2)11-27(12-14(3)4)32(29,30)16-6-8-19-20(10-16)31-22(25-19)26-21(28)17-9-15(23)5-7-18(17)24/h5-10,13-14H,11-12H2,1-4H3,(H,25,26,28). The zero-order valence-electron chi connectivity index (χ0n) is 18.2. The number of aromatic nitrogens is 1. The maximum Gasteiger partial charge on any atom is 0.259 e. The van der Waals surface area contributed by atoms with Gasteiger partial charge in [-0.3, -0.25) is 10.1 Å². The molecule has 0 aliphatic carbocycles. The Kier molecular flexibility index (Phi) is 7.83. The van der Waals surface area contributed by atoms with Crippen LogP contribution in [0.3, 0.4) is 0 Å². The molecule has 3 rings (SSSR count). The molecule has 1 N–H and O–H groups in total. The normalized spacial score (nSPS) is 12.3. The van der Waals surface area contributed by atoms with Gasteiger partial charge >= 0.3 is 0 Å². The molecule has 0 aliphatic heterocycles. The SMILES string of the molecule is CC(C)CN(CC(C)C)S(=O)(=O)c1ccc2nc(NC(=O)c3cc(Cl)ccc3Cl)sc2c1. The van der Waals surface area contributed by atoms with Crippen molar-refractivity contribution in [1.82, 2.24) is 9.29 Å². The number of nitrogens with zero attached hydrogens (tertiary/aromatic N) is 2. The van der Waals surface area contributed by atoms with Gasteiger partial charge in [-0.05, 0) is 48.2 Å². The molecule has 2 aromatic carbocycles. The van der Waals surface area contributed by atoms with Crippen molar-refractivity contribution in [3.8, 4) is 0 Å². The summed E-state index contributed by atoms with van der Waals surface area (Å²) in [4.78, 5) is 17.2. The lowest BCUT2D eigenvalue weighted by Gasteiger charge is -2.25. The summed E-state index contributed by atoms with van der Waals surface area (Å²) < 4.78 is 28.8. The third-order valence-electron chi connectivity index (χ3n) is 4.53. The summed E-state index contributed by atoms with van der Waals surface area (Å²) in [7, 11) is -3.66. The van der Waals surface area contributed by atoms with E-state index in [-0.39, 0.29) is 27.3 Å². The van der Waals surface area contributed by atoms with E-state index >= 15 is 0 Å². The highest BCUT2D eigenvalue weighted by atomic mass is 35.5. The summed E-state index contributed by atoms with van der Waals surface area (Å²) in [6, 6.07) is 9.46. The molecule has 0 radical (unpaired) electrons. The van der Waals surface area contributed by atoms with Gasteiger partial charge in [-0.15, -0.1) is 0 Å². The van der Waals surface area contributed by atoms with Crippen LogP contribution in [0.15, 0.2) is 41.3 Å². The molecule has 0 aliphatic rings. The Morgan fingerprint density at radius 2 is 1.72 bits per heavy atom. The molecule has 0 unspecified atom stereocenters. The summed E-state index contributed by atoms with van der Waals surface area (Å²) >= 11 is 13.3. The number of fused-ring (bicyclic) bond motifs is 1. The molecular weight excluding hydrogens is 489 g/mol. The number of carbonyl (C=O) groups excluding carboxylic acids is 1. The molecule has 172 valence electrons. The molecular formula is C22H25Cl2N3O3S2. The van der Waals surface area contributed by atoms with E-state index in [0.717, 1.165) is 0 Å². The summed E-state index contributed by atoms with van der Waals surface area (Å²) in [6.07, 6.45) is 0. The second kappa shape index (κ2) is 10.1. The van der Waals surface area contributed by atoms with Crippen LogP contribution in [0.25, 0.3) is 10.2 Å². The molecule has 0 bridgehead atoms. The first kappa shape index (κ1) is 24.9. The lowest BCUT2D eigenvalue weighted by Crippen LogP contribution is -2.37. The number of hydrogen-bond donors (Lipinski definition) is 1. The molecule has 32 heavy (non-hydrogen) atoms. The molecule has 0 spiro atoms. The van der Waals surface area contributed by atoms with E-state index in [9.17, 15) is 13.2 Å². The third kappa shape index (κ3) is 5.80. The van der Waals surface area contributed by atoms with Crippen LogP contribution in [0.5, 0.6) is 0 Å². The Balaban J connectivity index is 1.89. The molecule has 0 saturated carbocycles. The van der Waals surface area contributed by atoms with Crippen LogP contribution in [-0.2, 0) is 10.0 Å². The van der Waals surface area contributed by atoms with Crippen LogP contribution in [-0.4, -0.2) is 36.7 Å². The van der Waals surface area contributed by atoms with Crippen LogP contribution >= 0.6 is 34.5 Å². The predicted molar refractivity (Wildman–Crippen MR) is 132 cm³/mol. The highest BCUT2D eigenvalue weighted by Crippen LogP contribution is 2.30. The van der Waals surface area contributed by atoms with Gasteiger partial charge in [0.2, 0.25) is 10.0 Å². The minimum Gasteiger partial charge on any atom is -0.298 e. The number of nitrogens with one attached hydrogen (secondary N) is 1. The first-order valence-electron chi connectivity index (χ1n) is 10.1. The fourth-order valence-electron chi connectivity index (χ4n) is 3.19. The van der Waals surface area contributed by atoms with Crippen molar-refractivity contribution >= 4 is 65.8 Å². The highest BCUT2D eigenvalue weighted by molar-refractivity contribution is 7.89. The molecule has 1 heterocycles. The maximum absolute atomic E-state index is 13.3. The van der Waals surface area contributed by atoms with E-state index in [1.54, 1.807) is 30.3 Å². The summed E-state index contributed by atoms with van der Waals surface area (Å²) in [5.41, 5.74) is 0.834. The second-order valence-corrected chi connectivity index (χ2v) is 12.1. The smallest absolute Gasteiger partial charge is 0.259 e. The van der Waals surface area contributed by atoms with Gasteiger partial charge < -0.3 is 0 Å². The summed E-state index contributed by atoms with van der Waals surface area (Å²) in [5.74, 6) is -0.0315. The number of anilines is 1. The number of carbonyl (C=O) groups is 1. The van der Waals surface area contributed by atoms with Crippen LogP contribution in [0, 0.1) is 11.8 Å². The number of hydrogen-bond acceptors (Lipinski definition) is 5. The van der Waals surface area contributed by atoms with E-state index in [4.69, 9.17) is 23.2 Å². The Bertz CT molecular complexity index is 1230. The van der Waals surface area contributed by atoms with Crippen molar-refractivity contribution in [1.29, 1.82) is 0 Å². The minimum atomic E-state index is -3.66. The number of sulfonamides is 1. The van der Waals surface area contributed by atoms with E-state index in [1.165, 1.54) is 21.7 Å². The van der Waals surface area contributed by atoms with Crippen molar-refractivity contribution < 1.29 is 13.2 Å². The van der Waals surface area contributed by atoms with Gasteiger partial charge in [0, 0.05) is 18.1 Å². The van der Waals surface area contributed by atoms with E-state index in [0.29, 0.717) is 33.5 Å². The van der Waals surface area contributed by atoms with Gasteiger partial charge in [0.05, 0.1) is 25.7 Å². The van der Waals surface area contributed by atoms with Crippen LogP contribution in [0.2, 0.25) is 10.0 Å². The third-order valence-corrected chi connectivity index (χ3v) is 7.85. The molecule has 10 heteroatoms. The first-order valence-corrected chi connectivity index (χ1v) is 13.2. The number of halogens is 2. The van der Waals surface area contributed by atoms with Gasteiger partial charge in [-0.25, -0.2) is 13.4 Å². The number of rotatable bonds is 8. The quantitative estimate of drug-likeness (QED) is 0.391. The Morgan fingerprint density at radius 1 is 1.06 bits per heavy atom. The molecule has 3 aromatic rings. The fourth-order valence-corrected chi connectivity index (χ4v) is 6.33. The van der Waals surface area contributed by atoms with Crippen molar-refractivity contribution in [2.75, 3.05) is 18.4 Å². The minimum absolute atomic E-state index is 0.204. The number of benzene rings is 2. The molecule has 0 saturated heterocycles. The lowest BCUT2D eigenvalue weighted by molar-refractivity contribution is 0.102. The maximum atomic E-state index is 13.3. The Labute approximate surface area is 202 Å². The summed E-state index contributed by atoms with van der Waals surface area (Å²) in [5, 5.41) is 3.73. The molecule has 6 nitrogen and oxygen atoms in total. The van der Waals surface area contributed by atoms with E-state index in [1.807, 2.05) is 27.7 Å². The monoisotopic (exact) mass is 513 g/mol. The zero-order valence-corrected chi connectivity index (χ0v) is 21.4. The van der Waals surface area contributed by atoms with E-state index in [2.05, 4.69) is 10.3 Å². The molecule has 1 amide bonds. The Hall–Kier alpha value is -1.71. The van der Waals surface area contributed by atoms with Crippen molar-refractivity contribution in [2.24, 2.45) is 11.8 Å². The van der Waals surface area contributed by atoms with Crippen molar-refractivity contribution in [3.05, 3.63) is 52.0 Å². The average Bonchev–Trinajstić information content (AvgIpc) is 3.09. The van der Waals surface area contributed by atoms with Crippen molar-refractivity contribution in [3.63, 3.8) is 0 Å². The number of thiazole rings is 1. The van der Waals surface area contributed by atoms with Gasteiger partial charge in [-0.2, -0.15) is 4.31 Å². The van der Waals surface area contributed by atoms with Gasteiger partial charge in [0.1, 0.15) is 0 Å². The number of amides is 1. The predicted octanol–water partition coefficient (Wildman–Crippen LogP) is 6.16.